The van der Waals surface area contributed by atoms with Crippen LogP contribution in [-0.2, 0) is 0 Å². The maximum atomic E-state index is 2.57. The van der Waals surface area contributed by atoms with Crippen LogP contribution in [0.5, 0.6) is 0 Å². The molecule has 0 amide bonds. The van der Waals surface area contributed by atoms with E-state index in [1.54, 1.807) is 5.56 Å². The van der Waals surface area contributed by atoms with Crippen LogP contribution in [0.15, 0.2) is 16.8 Å². The molecule has 1 aliphatic heterocycles. The third-order valence-corrected chi connectivity index (χ3v) is 3.83. The topological polar surface area (TPSA) is 3.24 Å². The van der Waals surface area contributed by atoms with Crippen LogP contribution in [0.1, 0.15) is 31.7 Å². The van der Waals surface area contributed by atoms with E-state index in [0.717, 1.165) is 12.0 Å². The molecular weight excluding hydrogens is 178 g/mol. The van der Waals surface area contributed by atoms with Crippen molar-refractivity contribution in [2.45, 2.75) is 32.2 Å². The van der Waals surface area contributed by atoms with Gasteiger partial charge in [0.05, 0.1) is 0 Å². The molecule has 1 fully saturated rings. The fourth-order valence-corrected chi connectivity index (χ4v) is 3.03. The van der Waals surface area contributed by atoms with Gasteiger partial charge < -0.3 is 4.90 Å². The van der Waals surface area contributed by atoms with E-state index < -0.39 is 0 Å². The monoisotopic (exact) mass is 195 g/mol. The van der Waals surface area contributed by atoms with Gasteiger partial charge in [-0.15, -0.1) is 0 Å². The molecule has 0 saturated carbocycles. The van der Waals surface area contributed by atoms with E-state index in [1.807, 2.05) is 11.3 Å². The highest BCUT2D eigenvalue weighted by Crippen LogP contribution is 2.32. The number of hydrogen-bond acceptors (Lipinski definition) is 2. The molecule has 2 atom stereocenters. The lowest BCUT2D eigenvalue weighted by molar-refractivity contribution is 0.282. The van der Waals surface area contributed by atoms with Crippen molar-refractivity contribution in [3.8, 4) is 0 Å². The molecule has 1 aromatic heterocycles. The molecule has 72 valence electrons. The van der Waals surface area contributed by atoms with Crippen molar-refractivity contribution in [2.75, 3.05) is 13.1 Å². The molecule has 1 saturated heterocycles. The number of hydrogen-bond donors (Lipinski definition) is 0. The maximum Gasteiger partial charge on any atom is 0.00733 e. The summed E-state index contributed by atoms with van der Waals surface area (Å²) in [4.78, 5) is 2.57. The number of thiophene rings is 1. The zero-order valence-electron chi connectivity index (χ0n) is 8.36. The van der Waals surface area contributed by atoms with Crippen LogP contribution in [-0.4, -0.2) is 24.0 Å². The summed E-state index contributed by atoms with van der Waals surface area (Å²) in [6, 6.07) is 3.05. The molecule has 0 bridgehead atoms. The molecule has 13 heavy (non-hydrogen) atoms. The molecule has 2 heteroatoms. The molecule has 0 spiro atoms. The zero-order valence-corrected chi connectivity index (χ0v) is 9.18. The Labute approximate surface area is 84.4 Å². The summed E-state index contributed by atoms with van der Waals surface area (Å²) in [6.07, 6.45) is 1.34. The molecule has 1 aromatic rings. The first-order chi connectivity index (χ1) is 6.31. The SMILES string of the molecule is CCN1CC(c2ccsc2)CC1C. The van der Waals surface area contributed by atoms with E-state index in [4.69, 9.17) is 0 Å². The summed E-state index contributed by atoms with van der Waals surface area (Å²) in [5.74, 6) is 0.793. The number of nitrogens with zero attached hydrogens (tertiary/aromatic N) is 1. The Kier molecular flexibility index (Phi) is 2.70. The molecule has 0 N–H and O–H groups in total. The predicted octanol–water partition coefficient (Wildman–Crippen LogP) is 2.95. The van der Waals surface area contributed by atoms with Gasteiger partial charge in [-0.1, -0.05) is 6.92 Å². The predicted molar refractivity (Wildman–Crippen MR) is 58.4 cm³/mol. The van der Waals surface area contributed by atoms with Crippen molar-refractivity contribution in [3.05, 3.63) is 22.4 Å². The van der Waals surface area contributed by atoms with Gasteiger partial charge in [0.25, 0.3) is 0 Å². The van der Waals surface area contributed by atoms with Crippen molar-refractivity contribution in [1.82, 2.24) is 4.90 Å². The Hall–Kier alpha value is -0.340. The number of likely N-dealkylation sites (N-methyl/N-ethyl adjacent to an activating group) is 1. The minimum atomic E-state index is 0.773. The first kappa shape index (κ1) is 9.22. The average Bonchev–Trinajstić information content (AvgIpc) is 2.71. The molecular formula is C11H17NS. The lowest BCUT2D eigenvalue weighted by atomic mass is 10.00. The second-order valence-electron chi connectivity index (χ2n) is 3.93. The van der Waals surface area contributed by atoms with Crippen LogP contribution >= 0.6 is 11.3 Å². The molecule has 2 heterocycles. The normalized spacial score (nSPS) is 29.7. The summed E-state index contributed by atoms with van der Waals surface area (Å²) in [5.41, 5.74) is 1.55. The van der Waals surface area contributed by atoms with Crippen LogP contribution in [0.4, 0.5) is 0 Å². The Morgan fingerprint density at radius 3 is 3.00 bits per heavy atom. The lowest BCUT2D eigenvalue weighted by Gasteiger charge is -2.17. The van der Waals surface area contributed by atoms with Crippen LogP contribution in [0.25, 0.3) is 0 Å². The van der Waals surface area contributed by atoms with E-state index in [-0.39, 0.29) is 0 Å². The second-order valence-corrected chi connectivity index (χ2v) is 4.71. The second kappa shape index (κ2) is 3.81. The Bertz CT molecular complexity index is 255. The minimum absolute atomic E-state index is 0.773. The number of rotatable bonds is 2. The summed E-state index contributed by atoms with van der Waals surface area (Å²) in [5, 5.41) is 4.49. The van der Waals surface area contributed by atoms with Gasteiger partial charge in [0, 0.05) is 12.6 Å². The Morgan fingerprint density at radius 1 is 1.62 bits per heavy atom. The third kappa shape index (κ3) is 1.79. The number of likely N-dealkylation sites (tertiary alicyclic amines) is 1. The molecule has 0 aromatic carbocycles. The van der Waals surface area contributed by atoms with Crippen LogP contribution in [0.3, 0.4) is 0 Å². The van der Waals surface area contributed by atoms with Crippen molar-refractivity contribution in [1.29, 1.82) is 0 Å². The zero-order chi connectivity index (χ0) is 9.26. The largest absolute Gasteiger partial charge is 0.300 e. The maximum absolute atomic E-state index is 2.57. The Morgan fingerprint density at radius 2 is 2.46 bits per heavy atom. The van der Waals surface area contributed by atoms with Gasteiger partial charge >= 0.3 is 0 Å². The summed E-state index contributed by atoms with van der Waals surface area (Å²) in [7, 11) is 0. The van der Waals surface area contributed by atoms with E-state index in [2.05, 4.69) is 35.6 Å². The van der Waals surface area contributed by atoms with E-state index >= 15 is 0 Å². The van der Waals surface area contributed by atoms with Gasteiger partial charge in [0.1, 0.15) is 0 Å². The van der Waals surface area contributed by atoms with Gasteiger partial charge in [0.15, 0.2) is 0 Å². The highest BCUT2D eigenvalue weighted by Gasteiger charge is 2.28. The lowest BCUT2D eigenvalue weighted by Crippen LogP contribution is -2.26. The first-order valence-electron chi connectivity index (χ1n) is 5.07. The van der Waals surface area contributed by atoms with Gasteiger partial charge in [-0.3, -0.25) is 0 Å². The fourth-order valence-electron chi connectivity index (χ4n) is 2.29. The van der Waals surface area contributed by atoms with Crippen molar-refractivity contribution in [3.63, 3.8) is 0 Å². The van der Waals surface area contributed by atoms with E-state index in [0.29, 0.717) is 0 Å². The van der Waals surface area contributed by atoms with Crippen LogP contribution in [0, 0.1) is 0 Å². The fraction of sp³-hybridized carbons (Fsp3) is 0.636. The van der Waals surface area contributed by atoms with Gasteiger partial charge in [-0.2, -0.15) is 11.3 Å². The first-order valence-corrected chi connectivity index (χ1v) is 6.01. The quantitative estimate of drug-likeness (QED) is 0.701. The van der Waals surface area contributed by atoms with Crippen molar-refractivity contribution in [2.24, 2.45) is 0 Å². The highest BCUT2D eigenvalue weighted by atomic mass is 32.1. The molecule has 0 radical (unpaired) electrons. The average molecular weight is 195 g/mol. The van der Waals surface area contributed by atoms with Gasteiger partial charge in [-0.05, 0) is 48.2 Å². The van der Waals surface area contributed by atoms with Crippen LogP contribution < -0.4 is 0 Å². The molecule has 2 rings (SSSR count). The minimum Gasteiger partial charge on any atom is -0.300 e. The summed E-state index contributed by atoms with van der Waals surface area (Å²) in [6.45, 7) is 7.05. The molecule has 1 aliphatic rings. The standard InChI is InChI=1S/C11H17NS/c1-3-12-7-11(6-9(12)2)10-4-5-13-8-10/h4-5,8-9,11H,3,6-7H2,1-2H3. The smallest absolute Gasteiger partial charge is 0.00733 e. The van der Waals surface area contributed by atoms with Gasteiger partial charge in [-0.25, -0.2) is 0 Å². The van der Waals surface area contributed by atoms with Crippen molar-refractivity contribution >= 4 is 11.3 Å². The molecule has 1 nitrogen and oxygen atoms in total. The van der Waals surface area contributed by atoms with Gasteiger partial charge in [0.2, 0.25) is 0 Å². The third-order valence-electron chi connectivity index (χ3n) is 3.12. The van der Waals surface area contributed by atoms with Crippen molar-refractivity contribution < 1.29 is 0 Å². The Balaban J connectivity index is 2.05. The van der Waals surface area contributed by atoms with E-state index in [1.165, 1.54) is 19.5 Å². The van der Waals surface area contributed by atoms with Crippen LogP contribution in [0.2, 0.25) is 0 Å². The molecule has 0 aliphatic carbocycles. The highest BCUT2D eigenvalue weighted by molar-refractivity contribution is 7.07. The summed E-state index contributed by atoms with van der Waals surface area (Å²) >= 11 is 1.82. The molecule has 2 unspecified atom stereocenters. The van der Waals surface area contributed by atoms with E-state index in [9.17, 15) is 0 Å². The summed E-state index contributed by atoms with van der Waals surface area (Å²) < 4.78 is 0.